The SMILES string of the molecule is CCOC(=O)C(=O)c1cc(-c2ccc(Cl)cc2)ccc1CC.CCc1ccc(-c2ccc(Cl)cc2)cc1Br. The number of hydrogen-bond acceptors (Lipinski definition) is 3. The summed E-state index contributed by atoms with van der Waals surface area (Å²) < 4.78 is 5.98. The van der Waals surface area contributed by atoms with Crippen molar-refractivity contribution in [1.82, 2.24) is 0 Å². The van der Waals surface area contributed by atoms with E-state index in [0.717, 1.165) is 28.1 Å². The van der Waals surface area contributed by atoms with Gasteiger partial charge in [0, 0.05) is 20.1 Å². The number of Topliss-reactive ketones (excluding diaryl/α,β-unsaturated/α-hetero) is 1. The topological polar surface area (TPSA) is 43.4 Å². The van der Waals surface area contributed by atoms with Crippen molar-refractivity contribution in [2.45, 2.75) is 33.6 Å². The van der Waals surface area contributed by atoms with Crippen molar-refractivity contribution >= 4 is 50.9 Å². The minimum Gasteiger partial charge on any atom is -0.460 e. The van der Waals surface area contributed by atoms with Gasteiger partial charge in [0.1, 0.15) is 0 Å². The Labute approximate surface area is 242 Å². The molecule has 0 saturated carbocycles. The van der Waals surface area contributed by atoms with Gasteiger partial charge in [-0.25, -0.2) is 4.79 Å². The Kier molecular flexibility index (Phi) is 11.1. The Morgan fingerprint density at radius 1 is 0.658 bits per heavy atom. The van der Waals surface area contributed by atoms with Crippen molar-refractivity contribution in [3.63, 3.8) is 0 Å². The molecule has 4 aromatic rings. The number of carbonyl (C=O) groups is 2. The van der Waals surface area contributed by atoms with Gasteiger partial charge in [0.15, 0.2) is 0 Å². The molecule has 4 rings (SSSR count). The zero-order valence-corrected chi connectivity index (χ0v) is 24.7. The Balaban J connectivity index is 0.000000221. The maximum atomic E-state index is 12.3. The molecule has 0 unspecified atom stereocenters. The summed E-state index contributed by atoms with van der Waals surface area (Å²) in [5.74, 6) is -1.42. The highest BCUT2D eigenvalue weighted by atomic mass is 79.9. The molecule has 0 amide bonds. The van der Waals surface area contributed by atoms with Crippen LogP contribution in [0.2, 0.25) is 10.0 Å². The van der Waals surface area contributed by atoms with Crippen LogP contribution in [0.3, 0.4) is 0 Å². The van der Waals surface area contributed by atoms with Crippen LogP contribution in [-0.4, -0.2) is 18.4 Å². The molecule has 0 aliphatic carbocycles. The largest absolute Gasteiger partial charge is 0.460 e. The van der Waals surface area contributed by atoms with Crippen LogP contribution in [0.15, 0.2) is 89.4 Å². The second-order valence-electron chi connectivity index (χ2n) is 8.45. The summed E-state index contributed by atoms with van der Waals surface area (Å²) >= 11 is 15.4. The molecular weight excluding hydrogens is 583 g/mol. The number of halogens is 3. The van der Waals surface area contributed by atoms with Gasteiger partial charge in [-0.05, 0) is 89.5 Å². The van der Waals surface area contributed by atoms with E-state index in [1.807, 2.05) is 55.5 Å². The lowest BCUT2D eigenvalue weighted by atomic mass is 9.95. The van der Waals surface area contributed by atoms with Gasteiger partial charge in [-0.3, -0.25) is 4.79 Å². The fraction of sp³-hybridized carbons (Fsp3) is 0.188. The summed E-state index contributed by atoms with van der Waals surface area (Å²) in [5.41, 5.74) is 6.75. The van der Waals surface area contributed by atoms with Crippen LogP contribution < -0.4 is 0 Å². The maximum Gasteiger partial charge on any atom is 0.379 e. The summed E-state index contributed by atoms with van der Waals surface area (Å²) in [4.78, 5) is 24.0. The van der Waals surface area contributed by atoms with Gasteiger partial charge in [-0.1, -0.05) is 102 Å². The number of esters is 1. The molecule has 0 N–H and O–H groups in total. The van der Waals surface area contributed by atoms with E-state index in [-0.39, 0.29) is 6.61 Å². The highest BCUT2D eigenvalue weighted by Crippen LogP contribution is 2.27. The third-order valence-corrected chi connectivity index (χ3v) is 7.23. The van der Waals surface area contributed by atoms with Crippen LogP contribution in [0.25, 0.3) is 22.3 Å². The fourth-order valence-corrected chi connectivity index (χ4v) is 4.79. The third kappa shape index (κ3) is 7.80. The molecule has 196 valence electrons. The molecule has 0 radical (unpaired) electrons. The molecule has 4 aromatic carbocycles. The van der Waals surface area contributed by atoms with Crippen molar-refractivity contribution < 1.29 is 14.3 Å². The first-order valence-corrected chi connectivity index (χ1v) is 14.0. The Hall–Kier alpha value is -2.92. The molecule has 38 heavy (non-hydrogen) atoms. The van der Waals surface area contributed by atoms with E-state index in [1.54, 1.807) is 25.1 Å². The van der Waals surface area contributed by atoms with Gasteiger partial charge >= 0.3 is 5.97 Å². The second-order valence-corrected chi connectivity index (χ2v) is 10.2. The van der Waals surface area contributed by atoms with E-state index in [2.05, 4.69) is 41.1 Å². The molecule has 0 bridgehead atoms. The molecule has 0 aliphatic heterocycles. The molecule has 3 nitrogen and oxygen atoms in total. The molecule has 0 fully saturated rings. The average Bonchev–Trinajstić information content (AvgIpc) is 2.93. The minimum absolute atomic E-state index is 0.183. The zero-order chi connectivity index (χ0) is 27.7. The number of ketones is 1. The first kappa shape index (κ1) is 29.6. The molecule has 6 heteroatoms. The van der Waals surface area contributed by atoms with E-state index in [1.165, 1.54) is 21.2 Å². The summed E-state index contributed by atoms with van der Waals surface area (Å²) in [6.45, 7) is 5.96. The molecule has 0 spiro atoms. The Morgan fingerprint density at radius 2 is 1.11 bits per heavy atom. The lowest BCUT2D eigenvalue weighted by molar-refractivity contribution is -0.137. The van der Waals surface area contributed by atoms with Crippen molar-refractivity contribution in [2.24, 2.45) is 0 Å². The fourth-order valence-electron chi connectivity index (χ4n) is 3.88. The lowest BCUT2D eigenvalue weighted by Gasteiger charge is -2.10. The van der Waals surface area contributed by atoms with Gasteiger partial charge in [-0.2, -0.15) is 0 Å². The number of ether oxygens (including phenoxy) is 1. The summed E-state index contributed by atoms with van der Waals surface area (Å²) in [6, 6.07) is 27.2. The van der Waals surface area contributed by atoms with E-state index in [9.17, 15) is 9.59 Å². The molecule has 0 aromatic heterocycles. The number of rotatable bonds is 7. The molecule has 0 saturated heterocycles. The van der Waals surface area contributed by atoms with Crippen LogP contribution in [0.5, 0.6) is 0 Å². The predicted octanol–water partition coefficient (Wildman–Crippen LogP) is 9.65. The summed E-state index contributed by atoms with van der Waals surface area (Å²) in [7, 11) is 0. The van der Waals surface area contributed by atoms with E-state index in [4.69, 9.17) is 27.9 Å². The highest BCUT2D eigenvalue weighted by molar-refractivity contribution is 9.10. The lowest BCUT2D eigenvalue weighted by Crippen LogP contribution is -2.19. The average molecular weight is 612 g/mol. The Morgan fingerprint density at radius 3 is 1.55 bits per heavy atom. The van der Waals surface area contributed by atoms with E-state index >= 15 is 0 Å². The molecular formula is C32H29BrCl2O3. The first-order valence-electron chi connectivity index (χ1n) is 12.4. The molecule has 0 atom stereocenters. The zero-order valence-electron chi connectivity index (χ0n) is 21.6. The highest BCUT2D eigenvalue weighted by Gasteiger charge is 2.21. The molecule has 0 heterocycles. The van der Waals surface area contributed by atoms with Crippen molar-refractivity contribution in [2.75, 3.05) is 6.61 Å². The predicted molar refractivity (Wildman–Crippen MR) is 161 cm³/mol. The van der Waals surface area contributed by atoms with E-state index < -0.39 is 11.8 Å². The van der Waals surface area contributed by atoms with Gasteiger partial charge < -0.3 is 4.74 Å². The van der Waals surface area contributed by atoms with Crippen LogP contribution in [-0.2, 0) is 22.4 Å². The number of aryl methyl sites for hydroxylation is 2. The summed E-state index contributed by atoms with van der Waals surface area (Å²) in [5, 5.41) is 1.42. The number of benzene rings is 4. The quantitative estimate of drug-likeness (QED) is 0.119. The standard InChI is InChI=1S/C18H17ClO3.C14H12BrCl/c1-3-12-5-6-14(13-7-9-15(19)10-8-13)11-16(12)17(20)18(21)22-4-2;1-2-10-3-4-12(9-14(10)15)11-5-7-13(16)8-6-11/h5-11H,3-4H2,1-2H3;3-9H,2H2,1H3. The molecule has 0 aliphatic rings. The normalized spacial score (nSPS) is 10.4. The van der Waals surface area contributed by atoms with Crippen molar-refractivity contribution in [3.05, 3.63) is 116 Å². The van der Waals surface area contributed by atoms with E-state index in [0.29, 0.717) is 17.0 Å². The van der Waals surface area contributed by atoms with Gasteiger partial charge in [0.2, 0.25) is 0 Å². The second kappa shape index (κ2) is 14.3. The monoisotopic (exact) mass is 610 g/mol. The third-order valence-electron chi connectivity index (χ3n) is 5.99. The van der Waals surface area contributed by atoms with Gasteiger partial charge in [-0.15, -0.1) is 0 Å². The smallest absolute Gasteiger partial charge is 0.379 e. The number of carbonyl (C=O) groups excluding carboxylic acids is 2. The summed E-state index contributed by atoms with van der Waals surface area (Å²) in [6.07, 6.45) is 1.71. The van der Waals surface area contributed by atoms with Gasteiger partial charge in [0.05, 0.1) is 6.61 Å². The van der Waals surface area contributed by atoms with Gasteiger partial charge in [0.25, 0.3) is 5.78 Å². The van der Waals surface area contributed by atoms with Crippen molar-refractivity contribution in [1.29, 1.82) is 0 Å². The minimum atomic E-state index is -0.814. The van der Waals surface area contributed by atoms with Crippen LogP contribution in [0.1, 0.15) is 42.3 Å². The first-order chi connectivity index (χ1) is 18.3. The Bertz CT molecular complexity index is 1400. The van der Waals surface area contributed by atoms with Crippen molar-refractivity contribution in [3.8, 4) is 22.3 Å². The number of hydrogen-bond donors (Lipinski definition) is 0. The van der Waals surface area contributed by atoms with Crippen LogP contribution in [0, 0.1) is 0 Å². The maximum absolute atomic E-state index is 12.3. The van der Waals surface area contributed by atoms with Crippen LogP contribution in [0.4, 0.5) is 0 Å². The van der Waals surface area contributed by atoms with Crippen LogP contribution >= 0.6 is 39.1 Å².